The largest absolute Gasteiger partial charge is 0.381 e. The predicted molar refractivity (Wildman–Crippen MR) is 60.7 cm³/mol. The lowest BCUT2D eigenvalue weighted by molar-refractivity contribution is 1.14. The number of anilines is 1. The lowest BCUT2D eigenvalue weighted by Crippen LogP contribution is -1.96. The monoisotopic (exact) mass is 216 g/mol. The Balaban J connectivity index is 2.34. The van der Waals surface area contributed by atoms with Crippen LogP contribution in [0.4, 0.5) is 5.82 Å². The van der Waals surface area contributed by atoms with Crippen molar-refractivity contribution in [2.75, 3.05) is 5.73 Å². The SMILES string of the molecule is Nc1nccn2c(-c3ccsc3)cnc12. The van der Waals surface area contributed by atoms with Gasteiger partial charge in [0.25, 0.3) is 0 Å². The molecular weight excluding hydrogens is 208 g/mol. The van der Waals surface area contributed by atoms with Gasteiger partial charge in [0.15, 0.2) is 11.5 Å². The van der Waals surface area contributed by atoms with E-state index >= 15 is 0 Å². The number of nitrogens with two attached hydrogens (primary N) is 1. The predicted octanol–water partition coefficient (Wildman–Crippen LogP) is 2.04. The number of aromatic nitrogens is 3. The van der Waals surface area contributed by atoms with Crippen LogP contribution < -0.4 is 5.73 Å². The van der Waals surface area contributed by atoms with Crippen LogP contribution in [0.25, 0.3) is 16.9 Å². The summed E-state index contributed by atoms with van der Waals surface area (Å²) in [6, 6.07) is 2.06. The topological polar surface area (TPSA) is 56.2 Å². The molecule has 2 N–H and O–H groups in total. The van der Waals surface area contributed by atoms with Crippen molar-refractivity contribution in [1.82, 2.24) is 14.4 Å². The molecule has 15 heavy (non-hydrogen) atoms. The first kappa shape index (κ1) is 8.43. The number of thiophene rings is 1. The molecule has 3 rings (SSSR count). The highest BCUT2D eigenvalue weighted by Gasteiger charge is 2.07. The average molecular weight is 216 g/mol. The van der Waals surface area contributed by atoms with E-state index < -0.39 is 0 Å². The van der Waals surface area contributed by atoms with E-state index in [1.54, 1.807) is 17.5 Å². The molecule has 0 aliphatic rings. The van der Waals surface area contributed by atoms with Gasteiger partial charge in [-0.25, -0.2) is 9.97 Å². The van der Waals surface area contributed by atoms with E-state index in [0.29, 0.717) is 11.5 Å². The Bertz CT molecular complexity index is 597. The third kappa shape index (κ3) is 1.20. The molecule has 0 radical (unpaired) electrons. The third-order valence-electron chi connectivity index (χ3n) is 2.27. The molecule has 0 unspecified atom stereocenters. The molecule has 0 aliphatic carbocycles. The Morgan fingerprint density at radius 2 is 2.27 bits per heavy atom. The van der Waals surface area contributed by atoms with Gasteiger partial charge < -0.3 is 5.73 Å². The first-order valence-corrected chi connectivity index (χ1v) is 5.40. The van der Waals surface area contributed by atoms with Crippen LogP contribution in [0.1, 0.15) is 0 Å². The summed E-state index contributed by atoms with van der Waals surface area (Å²) in [5.41, 5.74) is 8.63. The Kier molecular flexibility index (Phi) is 1.72. The van der Waals surface area contributed by atoms with Crippen LogP contribution in [0.2, 0.25) is 0 Å². The third-order valence-corrected chi connectivity index (χ3v) is 2.96. The van der Waals surface area contributed by atoms with Crippen molar-refractivity contribution in [3.8, 4) is 11.3 Å². The number of nitrogen functional groups attached to an aromatic ring is 1. The first-order valence-electron chi connectivity index (χ1n) is 4.46. The summed E-state index contributed by atoms with van der Waals surface area (Å²) in [5.74, 6) is 0.457. The average Bonchev–Trinajstić information content (AvgIpc) is 2.85. The van der Waals surface area contributed by atoms with E-state index in [4.69, 9.17) is 5.73 Å². The van der Waals surface area contributed by atoms with Gasteiger partial charge in [0.2, 0.25) is 0 Å². The van der Waals surface area contributed by atoms with Crippen LogP contribution in [0, 0.1) is 0 Å². The molecular formula is C10H8N4S. The zero-order valence-corrected chi connectivity index (χ0v) is 8.61. The molecule has 0 fully saturated rings. The molecule has 4 nitrogen and oxygen atoms in total. The van der Waals surface area contributed by atoms with Crippen LogP contribution in [-0.2, 0) is 0 Å². The maximum absolute atomic E-state index is 5.73. The molecule has 74 valence electrons. The number of imidazole rings is 1. The second-order valence-electron chi connectivity index (χ2n) is 3.16. The van der Waals surface area contributed by atoms with Gasteiger partial charge in [0.05, 0.1) is 11.9 Å². The highest BCUT2D eigenvalue weighted by atomic mass is 32.1. The van der Waals surface area contributed by atoms with E-state index in [1.165, 1.54) is 0 Å². The normalized spacial score (nSPS) is 10.9. The van der Waals surface area contributed by atoms with Crippen molar-refractivity contribution in [2.24, 2.45) is 0 Å². The summed E-state index contributed by atoms with van der Waals surface area (Å²) in [7, 11) is 0. The van der Waals surface area contributed by atoms with Gasteiger partial charge in [-0.1, -0.05) is 0 Å². The maximum Gasteiger partial charge on any atom is 0.180 e. The second kappa shape index (κ2) is 3.06. The second-order valence-corrected chi connectivity index (χ2v) is 3.94. The van der Waals surface area contributed by atoms with Crippen molar-refractivity contribution in [3.63, 3.8) is 0 Å². The number of hydrogen-bond donors (Lipinski definition) is 1. The molecule has 5 heteroatoms. The van der Waals surface area contributed by atoms with Gasteiger partial charge in [0.1, 0.15) is 0 Å². The fraction of sp³-hybridized carbons (Fsp3) is 0. The summed E-state index contributed by atoms with van der Waals surface area (Å²) in [6.07, 6.45) is 5.36. The van der Waals surface area contributed by atoms with E-state index in [1.807, 2.05) is 22.2 Å². The summed E-state index contributed by atoms with van der Waals surface area (Å²) in [5, 5.41) is 4.12. The van der Waals surface area contributed by atoms with Crippen molar-refractivity contribution in [1.29, 1.82) is 0 Å². The van der Waals surface area contributed by atoms with Crippen molar-refractivity contribution < 1.29 is 0 Å². The van der Waals surface area contributed by atoms with Gasteiger partial charge in [-0.3, -0.25) is 4.40 Å². The number of fused-ring (bicyclic) bond motifs is 1. The number of hydrogen-bond acceptors (Lipinski definition) is 4. The highest BCUT2D eigenvalue weighted by molar-refractivity contribution is 7.08. The molecule has 0 saturated carbocycles. The Morgan fingerprint density at radius 3 is 3.07 bits per heavy atom. The minimum atomic E-state index is 0.457. The van der Waals surface area contributed by atoms with E-state index in [9.17, 15) is 0 Å². The van der Waals surface area contributed by atoms with Gasteiger partial charge in [0, 0.05) is 23.3 Å². The van der Waals surface area contributed by atoms with Crippen LogP contribution in [0.15, 0.2) is 35.4 Å². The molecule has 0 spiro atoms. The summed E-state index contributed by atoms with van der Waals surface area (Å²) in [6.45, 7) is 0. The lowest BCUT2D eigenvalue weighted by Gasteiger charge is -1.99. The fourth-order valence-corrected chi connectivity index (χ4v) is 2.21. The Morgan fingerprint density at radius 1 is 1.33 bits per heavy atom. The molecule has 0 aliphatic heterocycles. The molecule has 3 aromatic rings. The van der Waals surface area contributed by atoms with E-state index in [2.05, 4.69) is 21.4 Å². The van der Waals surface area contributed by atoms with Crippen LogP contribution in [-0.4, -0.2) is 14.4 Å². The zero-order chi connectivity index (χ0) is 10.3. The summed E-state index contributed by atoms with van der Waals surface area (Å²) < 4.78 is 1.95. The van der Waals surface area contributed by atoms with Gasteiger partial charge in [-0.05, 0) is 11.4 Å². The lowest BCUT2D eigenvalue weighted by atomic mass is 10.3. The molecule has 0 amide bonds. The molecule has 0 atom stereocenters. The van der Waals surface area contributed by atoms with Crippen LogP contribution in [0.3, 0.4) is 0 Å². The number of rotatable bonds is 1. The zero-order valence-electron chi connectivity index (χ0n) is 7.79. The Hall–Kier alpha value is -1.88. The first-order chi connectivity index (χ1) is 7.36. The Labute approximate surface area is 90.0 Å². The molecule has 3 heterocycles. The molecule has 0 bridgehead atoms. The quantitative estimate of drug-likeness (QED) is 0.677. The van der Waals surface area contributed by atoms with Crippen molar-refractivity contribution in [3.05, 3.63) is 35.4 Å². The highest BCUT2D eigenvalue weighted by Crippen LogP contribution is 2.23. The summed E-state index contributed by atoms with van der Waals surface area (Å²) in [4.78, 5) is 8.25. The van der Waals surface area contributed by atoms with Gasteiger partial charge in [-0.15, -0.1) is 0 Å². The minimum absolute atomic E-state index is 0.457. The van der Waals surface area contributed by atoms with E-state index in [-0.39, 0.29) is 0 Å². The fourth-order valence-electron chi connectivity index (χ4n) is 1.56. The standard InChI is InChI=1S/C10H8N4S/c11-9-10-13-5-8(7-1-4-15-6-7)14(10)3-2-12-9/h1-6H,(H2,11,12). The van der Waals surface area contributed by atoms with Crippen molar-refractivity contribution >= 4 is 22.8 Å². The van der Waals surface area contributed by atoms with Gasteiger partial charge in [-0.2, -0.15) is 11.3 Å². The van der Waals surface area contributed by atoms with Gasteiger partial charge >= 0.3 is 0 Å². The molecule has 3 aromatic heterocycles. The summed E-state index contributed by atoms with van der Waals surface area (Å²) >= 11 is 1.66. The maximum atomic E-state index is 5.73. The van der Waals surface area contributed by atoms with Crippen LogP contribution in [0.5, 0.6) is 0 Å². The van der Waals surface area contributed by atoms with E-state index in [0.717, 1.165) is 11.3 Å². The molecule has 0 saturated heterocycles. The smallest absolute Gasteiger partial charge is 0.180 e. The van der Waals surface area contributed by atoms with Crippen molar-refractivity contribution in [2.45, 2.75) is 0 Å². The number of nitrogens with zero attached hydrogens (tertiary/aromatic N) is 3. The minimum Gasteiger partial charge on any atom is -0.381 e. The van der Waals surface area contributed by atoms with Crippen LogP contribution >= 0.6 is 11.3 Å². The molecule has 0 aromatic carbocycles.